The van der Waals surface area contributed by atoms with Crippen molar-refractivity contribution >= 4 is 0 Å². The summed E-state index contributed by atoms with van der Waals surface area (Å²) in [6, 6.07) is 9.62. The van der Waals surface area contributed by atoms with Gasteiger partial charge in [-0.3, -0.25) is 0 Å². The first-order chi connectivity index (χ1) is 9.52. The van der Waals surface area contributed by atoms with Crippen LogP contribution in [0, 0.1) is 0 Å². The van der Waals surface area contributed by atoms with Gasteiger partial charge in [0.25, 0.3) is 0 Å². The van der Waals surface area contributed by atoms with Gasteiger partial charge in [0.1, 0.15) is 18.3 Å². The van der Waals surface area contributed by atoms with Gasteiger partial charge in [-0.15, -0.1) is 0 Å². The van der Waals surface area contributed by atoms with Crippen LogP contribution in [-0.4, -0.2) is 47.5 Å². The van der Waals surface area contributed by atoms with Crippen LogP contribution >= 0.6 is 0 Å². The van der Waals surface area contributed by atoms with Crippen LogP contribution in [-0.2, 0) is 20.8 Å². The SMILES string of the molecule is CC1(C)OC[C@H]([C@@H](O)[C@H](CO)OCc2ccccc2)O1. The Morgan fingerprint density at radius 2 is 2.05 bits per heavy atom. The Balaban J connectivity index is 1.88. The fourth-order valence-corrected chi connectivity index (χ4v) is 2.16. The number of aliphatic hydroxyl groups is 2. The molecule has 0 aromatic heterocycles. The zero-order chi connectivity index (χ0) is 14.6. The highest BCUT2D eigenvalue weighted by molar-refractivity contribution is 5.13. The molecule has 1 saturated heterocycles. The molecular formula is C15H22O5. The van der Waals surface area contributed by atoms with Crippen LogP contribution in [0.2, 0.25) is 0 Å². The quantitative estimate of drug-likeness (QED) is 0.817. The van der Waals surface area contributed by atoms with Gasteiger partial charge < -0.3 is 24.4 Å². The Labute approximate surface area is 119 Å². The first-order valence-electron chi connectivity index (χ1n) is 6.78. The maximum Gasteiger partial charge on any atom is 0.163 e. The highest BCUT2D eigenvalue weighted by Gasteiger charge is 2.40. The lowest BCUT2D eigenvalue weighted by molar-refractivity contribution is -0.169. The minimum absolute atomic E-state index is 0.270. The monoisotopic (exact) mass is 282 g/mol. The Hall–Kier alpha value is -0.980. The van der Waals surface area contributed by atoms with Gasteiger partial charge in [-0.25, -0.2) is 0 Å². The van der Waals surface area contributed by atoms with Crippen LogP contribution in [0.15, 0.2) is 30.3 Å². The maximum atomic E-state index is 10.2. The lowest BCUT2D eigenvalue weighted by Gasteiger charge is -2.26. The Morgan fingerprint density at radius 3 is 2.60 bits per heavy atom. The van der Waals surface area contributed by atoms with Gasteiger partial charge in [0.2, 0.25) is 0 Å². The van der Waals surface area contributed by atoms with Crippen molar-refractivity contribution in [1.29, 1.82) is 0 Å². The molecule has 1 aliphatic heterocycles. The summed E-state index contributed by atoms with van der Waals surface area (Å²) in [5.41, 5.74) is 0.988. The van der Waals surface area contributed by atoms with Gasteiger partial charge in [-0.1, -0.05) is 30.3 Å². The molecule has 1 heterocycles. The first-order valence-corrected chi connectivity index (χ1v) is 6.78. The van der Waals surface area contributed by atoms with Gasteiger partial charge in [0.05, 0.1) is 19.8 Å². The molecule has 0 unspecified atom stereocenters. The summed E-state index contributed by atoms with van der Waals surface area (Å²) in [5, 5.41) is 19.6. The number of benzene rings is 1. The molecule has 1 aromatic rings. The zero-order valence-electron chi connectivity index (χ0n) is 11.9. The highest BCUT2D eigenvalue weighted by atomic mass is 16.7. The first kappa shape index (κ1) is 15.4. The van der Waals surface area contributed by atoms with E-state index in [9.17, 15) is 10.2 Å². The molecule has 1 aliphatic rings. The third kappa shape index (κ3) is 4.01. The molecule has 0 spiro atoms. The molecule has 1 aromatic carbocycles. The predicted molar refractivity (Wildman–Crippen MR) is 73.0 cm³/mol. The third-order valence-electron chi connectivity index (χ3n) is 3.28. The van der Waals surface area contributed by atoms with Crippen molar-refractivity contribution in [3.63, 3.8) is 0 Å². The summed E-state index contributed by atoms with van der Waals surface area (Å²) in [6.45, 7) is 3.94. The Kier molecular flexibility index (Phi) is 5.12. The van der Waals surface area contributed by atoms with Gasteiger partial charge in [-0.05, 0) is 19.4 Å². The largest absolute Gasteiger partial charge is 0.394 e. The molecule has 5 heteroatoms. The van der Waals surface area contributed by atoms with Crippen LogP contribution in [0.5, 0.6) is 0 Å². The predicted octanol–water partition coefficient (Wildman–Crippen LogP) is 1.08. The summed E-state index contributed by atoms with van der Waals surface area (Å²) < 4.78 is 16.6. The fourth-order valence-electron chi connectivity index (χ4n) is 2.16. The van der Waals surface area contributed by atoms with Crippen LogP contribution in [0.25, 0.3) is 0 Å². The number of ether oxygens (including phenoxy) is 3. The summed E-state index contributed by atoms with van der Waals surface area (Å²) in [7, 11) is 0. The molecular weight excluding hydrogens is 260 g/mol. The van der Waals surface area contributed by atoms with Crippen molar-refractivity contribution in [2.24, 2.45) is 0 Å². The number of aliphatic hydroxyl groups excluding tert-OH is 2. The summed E-state index contributed by atoms with van der Waals surface area (Å²) in [6.07, 6.45) is -2.11. The molecule has 0 amide bonds. The maximum absolute atomic E-state index is 10.2. The van der Waals surface area contributed by atoms with E-state index in [0.717, 1.165) is 5.56 Å². The Morgan fingerprint density at radius 1 is 1.35 bits per heavy atom. The molecule has 2 N–H and O–H groups in total. The van der Waals surface area contributed by atoms with E-state index >= 15 is 0 Å². The average molecular weight is 282 g/mol. The van der Waals surface area contributed by atoms with Gasteiger partial charge in [0, 0.05) is 0 Å². The average Bonchev–Trinajstić information content (AvgIpc) is 2.81. The molecule has 5 nitrogen and oxygen atoms in total. The van der Waals surface area contributed by atoms with E-state index in [1.165, 1.54) is 0 Å². The van der Waals surface area contributed by atoms with Gasteiger partial charge >= 0.3 is 0 Å². The molecule has 1 fully saturated rings. The third-order valence-corrected chi connectivity index (χ3v) is 3.28. The summed E-state index contributed by atoms with van der Waals surface area (Å²) >= 11 is 0. The molecule has 0 radical (unpaired) electrons. The van der Waals surface area contributed by atoms with Crippen molar-refractivity contribution in [2.45, 2.75) is 44.6 Å². The molecule has 0 saturated carbocycles. The standard InChI is InChI=1S/C15H22O5/c1-15(2)19-10-13(20-15)14(17)12(8-16)18-9-11-6-4-3-5-7-11/h3-7,12-14,16-17H,8-10H2,1-2H3/t12-,13+,14-/m0/s1. The Bertz CT molecular complexity index is 406. The van der Waals surface area contributed by atoms with E-state index < -0.39 is 24.1 Å². The summed E-state index contributed by atoms with van der Waals surface area (Å²) in [4.78, 5) is 0. The van der Waals surface area contributed by atoms with E-state index in [1.54, 1.807) is 13.8 Å². The normalized spacial score (nSPS) is 24.5. The van der Waals surface area contributed by atoms with Crippen molar-refractivity contribution in [1.82, 2.24) is 0 Å². The lowest BCUT2D eigenvalue weighted by atomic mass is 10.1. The topological polar surface area (TPSA) is 68.2 Å². The number of hydrogen-bond acceptors (Lipinski definition) is 5. The summed E-state index contributed by atoms with van der Waals surface area (Å²) in [5.74, 6) is -0.703. The van der Waals surface area contributed by atoms with E-state index in [4.69, 9.17) is 14.2 Å². The van der Waals surface area contributed by atoms with Crippen LogP contribution in [0.3, 0.4) is 0 Å². The smallest absolute Gasteiger partial charge is 0.163 e. The second-order valence-corrected chi connectivity index (χ2v) is 5.38. The molecule has 2 rings (SSSR count). The van der Waals surface area contributed by atoms with Crippen LogP contribution in [0.4, 0.5) is 0 Å². The molecule has 20 heavy (non-hydrogen) atoms. The number of rotatable bonds is 6. The van der Waals surface area contributed by atoms with E-state index in [2.05, 4.69) is 0 Å². The highest BCUT2D eigenvalue weighted by Crippen LogP contribution is 2.26. The van der Waals surface area contributed by atoms with E-state index in [0.29, 0.717) is 13.2 Å². The second kappa shape index (κ2) is 6.65. The second-order valence-electron chi connectivity index (χ2n) is 5.38. The number of hydrogen-bond donors (Lipinski definition) is 2. The van der Waals surface area contributed by atoms with E-state index in [-0.39, 0.29) is 6.61 Å². The fraction of sp³-hybridized carbons (Fsp3) is 0.600. The van der Waals surface area contributed by atoms with Crippen molar-refractivity contribution in [3.8, 4) is 0 Å². The lowest BCUT2D eigenvalue weighted by Crippen LogP contribution is -2.43. The van der Waals surface area contributed by atoms with E-state index in [1.807, 2.05) is 30.3 Å². The van der Waals surface area contributed by atoms with Crippen molar-refractivity contribution in [3.05, 3.63) is 35.9 Å². The van der Waals surface area contributed by atoms with Crippen LogP contribution < -0.4 is 0 Å². The zero-order valence-corrected chi connectivity index (χ0v) is 11.9. The molecule has 0 aliphatic carbocycles. The van der Waals surface area contributed by atoms with Crippen molar-refractivity contribution < 1.29 is 24.4 Å². The van der Waals surface area contributed by atoms with Gasteiger partial charge in [0.15, 0.2) is 5.79 Å². The van der Waals surface area contributed by atoms with Crippen LogP contribution in [0.1, 0.15) is 19.4 Å². The molecule has 112 valence electrons. The minimum Gasteiger partial charge on any atom is -0.394 e. The molecule has 3 atom stereocenters. The van der Waals surface area contributed by atoms with Gasteiger partial charge in [-0.2, -0.15) is 0 Å². The molecule has 0 bridgehead atoms. The van der Waals surface area contributed by atoms with Crippen molar-refractivity contribution in [2.75, 3.05) is 13.2 Å². The minimum atomic E-state index is -0.925.